The minimum absolute atomic E-state index is 0.115. The van der Waals surface area contributed by atoms with E-state index in [4.69, 9.17) is 28.0 Å². The molecule has 1 aliphatic heterocycles. The van der Waals surface area contributed by atoms with Gasteiger partial charge >= 0.3 is 0 Å². The van der Waals surface area contributed by atoms with Crippen LogP contribution in [-0.2, 0) is 21.0 Å². The van der Waals surface area contributed by atoms with Crippen LogP contribution >= 0.6 is 23.2 Å². The second kappa shape index (κ2) is 6.33. The van der Waals surface area contributed by atoms with Crippen molar-refractivity contribution in [3.63, 3.8) is 0 Å². The van der Waals surface area contributed by atoms with Gasteiger partial charge in [0, 0.05) is 0 Å². The van der Waals surface area contributed by atoms with Gasteiger partial charge in [-0.05, 0) is 12.5 Å². The van der Waals surface area contributed by atoms with E-state index < -0.39 is 10.9 Å². The summed E-state index contributed by atoms with van der Waals surface area (Å²) in [5.74, 6) is 0.823. The molecule has 0 aliphatic carbocycles. The number of benzene rings is 1. The number of carbonyl (C=O) groups is 1. The first-order valence-corrected chi connectivity index (χ1v) is 6.80. The van der Waals surface area contributed by atoms with E-state index in [-0.39, 0.29) is 11.8 Å². The SMILES string of the molecule is CC1=C(Cl)NC(Cl)(C=C=O)C(=O)N1OCc1ccccc1. The van der Waals surface area contributed by atoms with Gasteiger partial charge in [0.15, 0.2) is 0 Å². The number of alkyl halides is 1. The van der Waals surface area contributed by atoms with Crippen LogP contribution in [0, 0.1) is 0 Å². The maximum Gasteiger partial charge on any atom is 0.296 e. The molecule has 1 aliphatic rings. The van der Waals surface area contributed by atoms with Gasteiger partial charge in [-0.15, -0.1) is 0 Å². The van der Waals surface area contributed by atoms with Crippen LogP contribution in [0.5, 0.6) is 0 Å². The lowest BCUT2D eigenvalue weighted by molar-refractivity contribution is -0.183. The summed E-state index contributed by atoms with van der Waals surface area (Å²) in [6.45, 7) is 1.76. The highest BCUT2D eigenvalue weighted by molar-refractivity contribution is 6.39. The minimum Gasteiger partial charge on any atom is -0.344 e. The predicted molar refractivity (Wildman–Crippen MR) is 78.6 cm³/mol. The normalized spacial score (nSPS) is 21.9. The Hall–Kier alpha value is -1.78. The molecule has 1 heterocycles. The summed E-state index contributed by atoms with van der Waals surface area (Å²) in [6.07, 6.45) is 0.852. The average molecular weight is 327 g/mol. The first-order chi connectivity index (χ1) is 9.98. The first kappa shape index (κ1) is 15.6. The van der Waals surface area contributed by atoms with Gasteiger partial charge in [-0.3, -0.25) is 9.63 Å². The molecule has 1 aromatic carbocycles. The number of carbonyl (C=O) groups excluding carboxylic acids is 2. The molecule has 110 valence electrons. The van der Waals surface area contributed by atoms with Gasteiger partial charge in [-0.1, -0.05) is 53.5 Å². The van der Waals surface area contributed by atoms with Gasteiger partial charge in [0.2, 0.25) is 5.00 Å². The lowest BCUT2D eigenvalue weighted by Gasteiger charge is -2.35. The molecule has 7 heteroatoms. The second-order valence-corrected chi connectivity index (χ2v) is 5.33. The molecule has 0 fully saturated rings. The highest BCUT2D eigenvalue weighted by atomic mass is 35.5. The van der Waals surface area contributed by atoms with Crippen LogP contribution < -0.4 is 5.32 Å². The Kier molecular flexibility index (Phi) is 4.70. The Balaban J connectivity index is 2.22. The van der Waals surface area contributed by atoms with E-state index in [1.165, 1.54) is 5.94 Å². The molecule has 0 saturated heterocycles. The van der Waals surface area contributed by atoms with Crippen molar-refractivity contribution in [3.05, 3.63) is 52.8 Å². The molecule has 1 aromatic rings. The zero-order chi connectivity index (χ0) is 15.5. The van der Waals surface area contributed by atoms with Crippen LogP contribution in [0.4, 0.5) is 0 Å². The van der Waals surface area contributed by atoms with Crippen LogP contribution in [0.25, 0.3) is 0 Å². The van der Waals surface area contributed by atoms with Crippen molar-refractivity contribution in [2.75, 3.05) is 0 Å². The third kappa shape index (κ3) is 3.28. The molecule has 21 heavy (non-hydrogen) atoms. The topological polar surface area (TPSA) is 58.6 Å². The van der Waals surface area contributed by atoms with Crippen LogP contribution in [0.15, 0.2) is 47.3 Å². The number of allylic oxidation sites excluding steroid dienone is 1. The van der Waals surface area contributed by atoms with Gasteiger partial charge in [0.1, 0.15) is 17.7 Å². The maximum atomic E-state index is 12.3. The second-order valence-electron chi connectivity index (χ2n) is 4.36. The van der Waals surface area contributed by atoms with Crippen LogP contribution in [-0.4, -0.2) is 21.9 Å². The third-order valence-electron chi connectivity index (χ3n) is 2.87. The minimum atomic E-state index is -1.80. The highest BCUT2D eigenvalue weighted by Crippen LogP contribution is 2.29. The predicted octanol–water partition coefficient (Wildman–Crippen LogP) is 2.30. The lowest BCUT2D eigenvalue weighted by Crippen LogP contribution is -2.56. The van der Waals surface area contributed by atoms with Gasteiger partial charge in [0.25, 0.3) is 5.91 Å². The summed E-state index contributed by atoms with van der Waals surface area (Å²) in [5, 5.41) is 3.64. The molecule has 0 radical (unpaired) electrons. The molecule has 0 spiro atoms. The summed E-state index contributed by atoms with van der Waals surface area (Å²) in [7, 11) is 0. The van der Waals surface area contributed by atoms with E-state index in [1.54, 1.807) is 6.92 Å². The summed E-state index contributed by atoms with van der Waals surface area (Å²) < 4.78 is 0. The zero-order valence-corrected chi connectivity index (χ0v) is 12.6. The molecule has 1 N–H and O–H groups in total. The Morgan fingerprint density at radius 3 is 2.71 bits per heavy atom. The van der Waals surface area contributed by atoms with E-state index in [2.05, 4.69) is 5.32 Å². The number of hydrogen-bond acceptors (Lipinski definition) is 4. The molecule has 1 atom stereocenters. The van der Waals surface area contributed by atoms with Gasteiger partial charge < -0.3 is 5.32 Å². The number of halogens is 2. The Morgan fingerprint density at radius 1 is 1.43 bits per heavy atom. The number of rotatable bonds is 4. The largest absolute Gasteiger partial charge is 0.344 e. The first-order valence-electron chi connectivity index (χ1n) is 6.05. The van der Waals surface area contributed by atoms with E-state index in [9.17, 15) is 9.59 Å². The molecular weight excluding hydrogens is 315 g/mol. The third-order valence-corrected chi connectivity index (χ3v) is 3.60. The quantitative estimate of drug-likeness (QED) is 0.524. The van der Waals surface area contributed by atoms with Crippen molar-refractivity contribution in [3.8, 4) is 0 Å². The fourth-order valence-electron chi connectivity index (χ4n) is 1.74. The summed E-state index contributed by atoms with van der Waals surface area (Å²) in [6, 6.07) is 9.29. The van der Waals surface area contributed by atoms with Crippen molar-refractivity contribution in [2.45, 2.75) is 18.5 Å². The standard InChI is InChI=1S/C14H12Cl2N2O3/c1-10-12(15)17-14(16,7-8-19)13(20)18(10)21-9-11-5-3-2-4-6-11/h2-7,17H,9H2,1H3. The molecule has 0 bridgehead atoms. The fourth-order valence-corrected chi connectivity index (χ4v) is 2.23. The molecule has 1 amide bonds. The van der Waals surface area contributed by atoms with E-state index in [1.807, 2.05) is 30.3 Å². The highest BCUT2D eigenvalue weighted by Gasteiger charge is 2.44. The van der Waals surface area contributed by atoms with Crippen molar-refractivity contribution in [2.24, 2.45) is 0 Å². The Bertz CT molecular complexity index is 626. The number of hydrogen-bond donors (Lipinski definition) is 1. The van der Waals surface area contributed by atoms with Gasteiger partial charge in [0.05, 0.1) is 11.8 Å². The lowest BCUT2D eigenvalue weighted by atomic mass is 10.2. The summed E-state index contributed by atoms with van der Waals surface area (Å²) in [4.78, 5) is 26.5. The van der Waals surface area contributed by atoms with E-state index in [0.717, 1.165) is 16.7 Å². The number of nitrogens with zero attached hydrogens (tertiary/aromatic N) is 1. The molecule has 5 nitrogen and oxygen atoms in total. The van der Waals surface area contributed by atoms with Crippen molar-refractivity contribution >= 4 is 35.1 Å². The van der Waals surface area contributed by atoms with Gasteiger partial charge in [-0.25, -0.2) is 4.79 Å². The van der Waals surface area contributed by atoms with Crippen LogP contribution in [0.2, 0.25) is 0 Å². The van der Waals surface area contributed by atoms with E-state index in [0.29, 0.717) is 5.70 Å². The van der Waals surface area contributed by atoms with Crippen LogP contribution in [0.3, 0.4) is 0 Å². The number of amides is 1. The van der Waals surface area contributed by atoms with Crippen molar-refractivity contribution < 1.29 is 14.4 Å². The van der Waals surface area contributed by atoms with Crippen molar-refractivity contribution in [1.29, 1.82) is 0 Å². The summed E-state index contributed by atoms with van der Waals surface area (Å²) >= 11 is 12.0. The number of nitrogens with one attached hydrogen (secondary N) is 1. The van der Waals surface area contributed by atoms with Gasteiger partial charge in [-0.2, -0.15) is 5.06 Å². The van der Waals surface area contributed by atoms with Crippen molar-refractivity contribution in [1.82, 2.24) is 10.4 Å². The Morgan fingerprint density at radius 2 is 2.10 bits per heavy atom. The van der Waals surface area contributed by atoms with E-state index >= 15 is 0 Å². The molecular formula is C14H12Cl2N2O3. The zero-order valence-electron chi connectivity index (χ0n) is 11.1. The monoisotopic (exact) mass is 326 g/mol. The fraction of sp³-hybridized carbons (Fsp3) is 0.214. The molecule has 1 unspecified atom stereocenters. The number of hydroxylamine groups is 2. The molecule has 2 rings (SSSR count). The molecule has 0 saturated carbocycles. The maximum absolute atomic E-state index is 12.3. The smallest absolute Gasteiger partial charge is 0.296 e. The van der Waals surface area contributed by atoms with Crippen LogP contribution in [0.1, 0.15) is 12.5 Å². The average Bonchev–Trinajstić information content (AvgIpc) is 2.47. The Labute approximate surface area is 131 Å². The summed E-state index contributed by atoms with van der Waals surface area (Å²) in [5.41, 5.74) is 1.23. The molecule has 0 aromatic heterocycles.